The summed E-state index contributed by atoms with van der Waals surface area (Å²) in [6.45, 7) is 3.53. The highest BCUT2D eigenvalue weighted by Gasteiger charge is 2.19. The van der Waals surface area contributed by atoms with Crippen molar-refractivity contribution in [3.8, 4) is 0 Å². The predicted molar refractivity (Wildman–Crippen MR) is 63.7 cm³/mol. The quantitative estimate of drug-likeness (QED) is 0.747. The second-order valence-electron chi connectivity index (χ2n) is 3.42. The van der Waals surface area contributed by atoms with Crippen LogP contribution in [0.3, 0.4) is 0 Å². The van der Waals surface area contributed by atoms with Gasteiger partial charge in [0, 0.05) is 14.1 Å². The van der Waals surface area contributed by atoms with E-state index < -0.39 is 11.3 Å². The lowest BCUT2D eigenvalue weighted by atomic mass is 10.4. The molecule has 0 aromatic carbocycles. The Morgan fingerprint density at radius 2 is 2.06 bits per heavy atom. The van der Waals surface area contributed by atoms with Gasteiger partial charge in [0.2, 0.25) is 5.91 Å². The van der Waals surface area contributed by atoms with Gasteiger partial charge in [0.15, 0.2) is 5.16 Å². The minimum Gasteiger partial charge on any atom is -0.341 e. The zero-order valence-electron chi connectivity index (χ0n) is 10.1. The van der Waals surface area contributed by atoms with Gasteiger partial charge in [-0.2, -0.15) is 0 Å². The Hall–Kier alpha value is -1.57. The Morgan fingerprint density at radius 3 is 2.53 bits per heavy atom. The summed E-state index contributed by atoms with van der Waals surface area (Å²) in [7, 11) is 3.27. The lowest BCUT2D eigenvalue weighted by molar-refractivity contribution is -0.119. The summed E-state index contributed by atoms with van der Waals surface area (Å²) < 4.78 is 1.79. The van der Waals surface area contributed by atoms with E-state index in [0.717, 1.165) is 5.82 Å². The standard InChI is InChI=1S/C9H15N5O2S/c1-5(7(15)11-8(16)10-3)17-9-13-12-6(2)14(9)4/h5H,1-4H3,(H2,10,11,15,16)/t5-/m0/s1. The van der Waals surface area contributed by atoms with Crippen LogP contribution in [-0.2, 0) is 11.8 Å². The van der Waals surface area contributed by atoms with Crippen LogP contribution in [0.5, 0.6) is 0 Å². The number of aromatic nitrogens is 3. The molecule has 1 rings (SSSR count). The fraction of sp³-hybridized carbons (Fsp3) is 0.556. The monoisotopic (exact) mass is 257 g/mol. The number of aryl methyl sites for hydroxylation is 1. The molecular weight excluding hydrogens is 242 g/mol. The summed E-state index contributed by atoms with van der Waals surface area (Å²) in [5.41, 5.74) is 0. The van der Waals surface area contributed by atoms with Gasteiger partial charge in [-0.1, -0.05) is 11.8 Å². The molecule has 17 heavy (non-hydrogen) atoms. The van der Waals surface area contributed by atoms with Crippen molar-refractivity contribution in [2.45, 2.75) is 24.3 Å². The number of thioether (sulfide) groups is 1. The molecule has 3 amide bonds. The van der Waals surface area contributed by atoms with Crippen molar-refractivity contribution in [3.05, 3.63) is 5.82 Å². The van der Waals surface area contributed by atoms with Crippen LogP contribution < -0.4 is 10.6 Å². The Morgan fingerprint density at radius 1 is 1.41 bits per heavy atom. The first-order valence-corrected chi connectivity index (χ1v) is 5.89. The third kappa shape index (κ3) is 3.45. The molecule has 1 aromatic rings. The van der Waals surface area contributed by atoms with E-state index in [4.69, 9.17) is 0 Å². The van der Waals surface area contributed by atoms with Crippen LogP contribution >= 0.6 is 11.8 Å². The molecule has 1 aromatic heterocycles. The first-order valence-electron chi connectivity index (χ1n) is 5.01. The van der Waals surface area contributed by atoms with Crippen LogP contribution in [0.1, 0.15) is 12.7 Å². The van der Waals surface area contributed by atoms with Crippen molar-refractivity contribution in [1.29, 1.82) is 0 Å². The summed E-state index contributed by atoms with van der Waals surface area (Å²) in [6, 6.07) is -0.517. The topological polar surface area (TPSA) is 88.9 Å². The number of nitrogens with zero attached hydrogens (tertiary/aromatic N) is 3. The SMILES string of the molecule is CNC(=O)NC(=O)[C@H](C)Sc1nnc(C)n1C. The van der Waals surface area contributed by atoms with E-state index in [-0.39, 0.29) is 5.91 Å². The molecule has 0 saturated carbocycles. The van der Waals surface area contributed by atoms with Crippen molar-refractivity contribution in [2.24, 2.45) is 7.05 Å². The third-order valence-corrected chi connectivity index (χ3v) is 3.30. The first kappa shape index (κ1) is 13.5. The minimum absolute atomic E-state index is 0.366. The molecule has 7 nitrogen and oxygen atoms in total. The van der Waals surface area contributed by atoms with Crippen molar-refractivity contribution >= 4 is 23.7 Å². The molecule has 0 aliphatic rings. The zero-order valence-corrected chi connectivity index (χ0v) is 11.0. The fourth-order valence-corrected chi connectivity index (χ4v) is 1.84. The first-order chi connectivity index (χ1) is 7.95. The van der Waals surface area contributed by atoms with Crippen molar-refractivity contribution in [2.75, 3.05) is 7.05 Å². The van der Waals surface area contributed by atoms with Gasteiger partial charge in [-0.05, 0) is 13.8 Å². The van der Waals surface area contributed by atoms with E-state index in [9.17, 15) is 9.59 Å². The Kier molecular flexibility index (Phi) is 4.50. The molecule has 0 bridgehead atoms. The van der Waals surface area contributed by atoms with Gasteiger partial charge >= 0.3 is 6.03 Å². The molecule has 1 atom stereocenters. The van der Waals surface area contributed by atoms with E-state index in [1.165, 1.54) is 18.8 Å². The smallest absolute Gasteiger partial charge is 0.321 e. The number of urea groups is 1. The van der Waals surface area contributed by atoms with E-state index in [2.05, 4.69) is 20.8 Å². The second-order valence-corrected chi connectivity index (χ2v) is 4.73. The van der Waals surface area contributed by atoms with E-state index in [0.29, 0.717) is 5.16 Å². The number of hydrogen-bond donors (Lipinski definition) is 2. The third-order valence-electron chi connectivity index (χ3n) is 2.17. The van der Waals surface area contributed by atoms with E-state index in [1.807, 2.05) is 14.0 Å². The molecule has 94 valence electrons. The van der Waals surface area contributed by atoms with Gasteiger partial charge in [0.25, 0.3) is 0 Å². The fourth-order valence-electron chi connectivity index (χ4n) is 0.978. The molecule has 0 radical (unpaired) electrons. The molecule has 0 fully saturated rings. The van der Waals surface area contributed by atoms with Gasteiger partial charge in [0.05, 0.1) is 5.25 Å². The molecule has 8 heteroatoms. The van der Waals surface area contributed by atoms with E-state index in [1.54, 1.807) is 11.5 Å². The maximum absolute atomic E-state index is 11.6. The Labute approximate surface area is 103 Å². The summed E-state index contributed by atoms with van der Waals surface area (Å²) >= 11 is 1.25. The van der Waals surface area contributed by atoms with Gasteiger partial charge in [0.1, 0.15) is 5.82 Å². The second kappa shape index (κ2) is 5.67. The lowest BCUT2D eigenvalue weighted by Gasteiger charge is -2.10. The number of carbonyl (C=O) groups is 2. The number of amides is 3. The summed E-state index contributed by atoms with van der Waals surface area (Å²) in [6.07, 6.45) is 0. The van der Waals surface area contributed by atoms with Crippen LogP contribution in [0.2, 0.25) is 0 Å². The Balaban J connectivity index is 2.60. The number of rotatable bonds is 3. The number of hydrogen-bond acceptors (Lipinski definition) is 5. The average molecular weight is 257 g/mol. The van der Waals surface area contributed by atoms with Crippen molar-refractivity contribution < 1.29 is 9.59 Å². The summed E-state index contributed by atoms with van der Waals surface area (Å²) in [5, 5.41) is 12.6. The minimum atomic E-state index is -0.517. The van der Waals surface area contributed by atoms with Crippen molar-refractivity contribution in [3.63, 3.8) is 0 Å². The molecule has 1 heterocycles. The van der Waals surface area contributed by atoms with Gasteiger partial charge in [-0.15, -0.1) is 10.2 Å². The zero-order chi connectivity index (χ0) is 13.0. The van der Waals surface area contributed by atoms with Crippen LogP contribution in [0.15, 0.2) is 5.16 Å². The highest BCUT2D eigenvalue weighted by molar-refractivity contribution is 8.00. The van der Waals surface area contributed by atoms with Gasteiger partial charge in [-0.25, -0.2) is 4.79 Å². The highest BCUT2D eigenvalue weighted by Crippen LogP contribution is 2.20. The normalized spacial score (nSPS) is 12.0. The molecule has 0 aliphatic heterocycles. The molecule has 0 saturated heterocycles. The van der Waals surface area contributed by atoms with Crippen LogP contribution in [0.4, 0.5) is 4.79 Å². The lowest BCUT2D eigenvalue weighted by Crippen LogP contribution is -2.41. The molecule has 0 aliphatic carbocycles. The van der Waals surface area contributed by atoms with Crippen LogP contribution in [0.25, 0.3) is 0 Å². The molecular formula is C9H15N5O2S. The number of imide groups is 1. The maximum Gasteiger partial charge on any atom is 0.321 e. The average Bonchev–Trinajstić information content (AvgIpc) is 2.60. The summed E-state index contributed by atoms with van der Waals surface area (Å²) in [5.74, 6) is 0.404. The molecule has 0 unspecified atom stereocenters. The maximum atomic E-state index is 11.6. The van der Waals surface area contributed by atoms with Gasteiger partial charge < -0.3 is 9.88 Å². The van der Waals surface area contributed by atoms with E-state index >= 15 is 0 Å². The number of nitrogens with one attached hydrogen (secondary N) is 2. The highest BCUT2D eigenvalue weighted by atomic mass is 32.2. The van der Waals surface area contributed by atoms with Crippen LogP contribution in [-0.4, -0.2) is 39.0 Å². The van der Waals surface area contributed by atoms with Crippen LogP contribution in [0, 0.1) is 6.92 Å². The molecule has 2 N–H and O–H groups in total. The number of carbonyl (C=O) groups excluding carboxylic acids is 2. The predicted octanol–water partition coefficient (Wildman–Crippen LogP) is 0.0597. The van der Waals surface area contributed by atoms with Gasteiger partial charge in [-0.3, -0.25) is 10.1 Å². The Bertz CT molecular complexity index is 431. The largest absolute Gasteiger partial charge is 0.341 e. The molecule has 0 spiro atoms. The summed E-state index contributed by atoms with van der Waals surface area (Å²) in [4.78, 5) is 22.5. The van der Waals surface area contributed by atoms with Crippen molar-refractivity contribution in [1.82, 2.24) is 25.4 Å².